The van der Waals surface area contributed by atoms with E-state index in [-0.39, 0.29) is 0 Å². The van der Waals surface area contributed by atoms with Gasteiger partial charge in [0.25, 0.3) is 0 Å². The second kappa shape index (κ2) is 6.44. The lowest BCUT2D eigenvalue weighted by Gasteiger charge is -2.29. The fourth-order valence-electron chi connectivity index (χ4n) is 2.33. The van der Waals surface area contributed by atoms with Crippen molar-refractivity contribution < 1.29 is 0 Å². The summed E-state index contributed by atoms with van der Waals surface area (Å²) in [5, 5.41) is 3.70. The van der Waals surface area contributed by atoms with Gasteiger partial charge in [-0.2, -0.15) is 0 Å². The molecule has 1 heteroatoms. The first-order valence-corrected chi connectivity index (χ1v) is 6.47. The Labute approximate surface area is 89.7 Å². The zero-order chi connectivity index (χ0) is 10.4. The van der Waals surface area contributed by atoms with Crippen molar-refractivity contribution in [3.8, 4) is 0 Å². The van der Waals surface area contributed by atoms with Gasteiger partial charge in [0.1, 0.15) is 0 Å². The maximum Gasteiger partial charge on any atom is 0.00671 e. The van der Waals surface area contributed by atoms with Crippen LogP contribution in [0.15, 0.2) is 0 Å². The zero-order valence-electron chi connectivity index (χ0n) is 10.2. The number of nitrogens with one attached hydrogen (secondary N) is 1. The van der Waals surface area contributed by atoms with E-state index < -0.39 is 0 Å². The molecule has 1 fully saturated rings. The third-order valence-electron chi connectivity index (χ3n) is 3.84. The highest BCUT2D eigenvalue weighted by molar-refractivity contribution is 4.76. The van der Waals surface area contributed by atoms with Gasteiger partial charge < -0.3 is 5.32 Å². The maximum absolute atomic E-state index is 3.70. The minimum atomic E-state index is 0.740. The van der Waals surface area contributed by atoms with Crippen molar-refractivity contribution in [2.45, 2.75) is 65.3 Å². The van der Waals surface area contributed by atoms with Crippen LogP contribution in [0.2, 0.25) is 0 Å². The van der Waals surface area contributed by atoms with Gasteiger partial charge in [-0.05, 0) is 38.1 Å². The molecule has 0 aromatic carbocycles. The van der Waals surface area contributed by atoms with E-state index in [1.807, 2.05) is 0 Å². The first kappa shape index (κ1) is 12.0. The summed E-state index contributed by atoms with van der Waals surface area (Å²) in [6.45, 7) is 8.19. The maximum atomic E-state index is 3.70. The SMILES string of the molecule is CC[C@H](C)CN[C@@H](C)C1CCCCC1. The molecule has 1 aliphatic carbocycles. The summed E-state index contributed by atoms with van der Waals surface area (Å²) in [6, 6.07) is 0.740. The summed E-state index contributed by atoms with van der Waals surface area (Å²) >= 11 is 0. The molecule has 1 nitrogen and oxygen atoms in total. The second-order valence-corrected chi connectivity index (χ2v) is 5.11. The normalized spacial score (nSPS) is 23.4. The fraction of sp³-hybridized carbons (Fsp3) is 1.00. The second-order valence-electron chi connectivity index (χ2n) is 5.11. The van der Waals surface area contributed by atoms with Gasteiger partial charge in [0.2, 0.25) is 0 Å². The lowest BCUT2D eigenvalue weighted by atomic mass is 9.84. The topological polar surface area (TPSA) is 12.0 Å². The third kappa shape index (κ3) is 4.00. The van der Waals surface area contributed by atoms with Crippen LogP contribution < -0.4 is 5.32 Å². The molecule has 1 N–H and O–H groups in total. The van der Waals surface area contributed by atoms with Crippen LogP contribution in [0.5, 0.6) is 0 Å². The molecule has 1 rings (SSSR count). The third-order valence-corrected chi connectivity index (χ3v) is 3.84. The monoisotopic (exact) mass is 197 g/mol. The van der Waals surface area contributed by atoms with Gasteiger partial charge in [-0.1, -0.05) is 39.5 Å². The van der Waals surface area contributed by atoms with E-state index in [9.17, 15) is 0 Å². The van der Waals surface area contributed by atoms with E-state index in [2.05, 4.69) is 26.1 Å². The highest BCUT2D eigenvalue weighted by atomic mass is 14.9. The summed E-state index contributed by atoms with van der Waals surface area (Å²) in [4.78, 5) is 0. The molecule has 0 bridgehead atoms. The summed E-state index contributed by atoms with van der Waals surface area (Å²) < 4.78 is 0. The molecule has 14 heavy (non-hydrogen) atoms. The predicted molar refractivity (Wildman–Crippen MR) is 63.5 cm³/mol. The van der Waals surface area contributed by atoms with Gasteiger partial charge in [0.15, 0.2) is 0 Å². The lowest BCUT2D eigenvalue weighted by molar-refractivity contribution is 0.273. The van der Waals surface area contributed by atoms with E-state index in [4.69, 9.17) is 0 Å². The van der Waals surface area contributed by atoms with Crippen LogP contribution in [0.3, 0.4) is 0 Å². The molecule has 2 atom stereocenters. The van der Waals surface area contributed by atoms with E-state index >= 15 is 0 Å². The van der Waals surface area contributed by atoms with Crippen molar-refractivity contribution in [3.05, 3.63) is 0 Å². The Kier molecular flexibility index (Phi) is 5.54. The minimum Gasteiger partial charge on any atom is -0.314 e. The molecule has 1 aliphatic rings. The van der Waals surface area contributed by atoms with Crippen molar-refractivity contribution in [2.24, 2.45) is 11.8 Å². The van der Waals surface area contributed by atoms with Crippen LogP contribution >= 0.6 is 0 Å². The van der Waals surface area contributed by atoms with Crippen LogP contribution in [0.25, 0.3) is 0 Å². The molecule has 1 saturated carbocycles. The number of hydrogen-bond acceptors (Lipinski definition) is 1. The van der Waals surface area contributed by atoms with Gasteiger partial charge in [-0.3, -0.25) is 0 Å². The van der Waals surface area contributed by atoms with Crippen LogP contribution in [0.4, 0.5) is 0 Å². The Morgan fingerprint density at radius 3 is 2.36 bits per heavy atom. The zero-order valence-corrected chi connectivity index (χ0v) is 10.2. The molecule has 0 saturated heterocycles. The molecule has 84 valence electrons. The highest BCUT2D eigenvalue weighted by Crippen LogP contribution is 2.26. The Hall–Kier alpha value is -0.0400. The average Bonchev–Trinajstić information content (AvgIpc) is 2.26. The van der Waals surface area contributed by atoms with Crippen LogP contribution in [-0.4, -0.2) is 12.6 Å². The molecule has 0 aromatic rings. The van der Waals surface area contributed by atoms with Crippen molar-refractivity contribution >= 4 is 0 Å². The molecule has 0 unspecified atom stereocenters. The van der Waals surface area contributed by atoms with Crippen molar-refractivity contribution in [1.29, 1.82) is 0 Å². The Bertz CT molecular complexity index is 138. The van der Waals surface area contributed by atoms with Crippen molar-refractivity contribution in [1.82, 2.24) is 5.32 Å². The van der Waals surface area contributed by atoms with Crippen LogP contribution in [0, 0.1) is 11.8 Å². The Morgan fingerprint density at radius 2 is 1.79 bits per heavy atom. The first-order valence-electron chi connectivity index (χ1n) is 6.47. The number of hydrogen-bond donors (Lipinski definition) is 1. The molecule has 0 heterocycles. The van der Waals surface area contributed by atoms with Crippen molar-refractivity contribution in [3.63, 3.8) is 0 Å². The number of rotatable bonds is 5. The molecule has 0 amide bonds. The summed E-state index contributed by atoms with van der Waals surface area (Å²) in [7, 11) is 0. The van der Waals surface area contributed by atoms with E-state index in [1.165, 1.54) is 45.1 Å². The predicted octanol–water partition coefficient (Wildman–Crippen LogP) is 3.59. The molecule has 0 spiro atoms. The molecular formula is C13H27N. The molecule has 0 radical (unpaired) electrons. The van der Waals surface area contributed by atoms with Gasteiger partial charge in [0, 0.05) is 6.04 Å². The van der Waals surface area contributed by atoms with Gasteiger partial charge >= 0.3 is 0 Å². The van der Waals surface area contributed by atoms with E-state index in [0.717, 1.165) is 17.9 Å². The fourth-order valence-corrected chi connectivity index (χ4v) is 2.33. The van der Waals surface area contributed by atoms with E-state index in [0.29, 0.717) is 0 Å². The van der Waals surface area contributed by atoms with Gasteiger partial charge in [-0.15, -0.1) is 0 Å². The summed E-state index contributed by atoms with van der Waals surface area (Å²) in [5.74, 6) is 1.79. The molecular weight excluding hydrogens is 170 g/mol. The molecule has 0 aliphatic heterocycles. The van der Waals surface area contributed by atoms with Gasteiger partial charge in [-0.25, -0.2) is 0 Å². The standard InChI is InChI=1S/C13H27N/c1-4-11(2)10-14-12(3)13-8-6-5-7-9-13/h11-14H,4-10H2,1-3H3/t11-,12-/m0/s1. The smallest absolute Gasteiger partial charge is 0.00671 e. The first-order chi connectivity index (χ1) is 6.74. The van der Waals surface area contributed by atoms with E-state index in [1.54, 1.807) is 0 Å². The summed E-state index contributed by atoms with van der Waals surface area (Å²) in [5.41, 5.74) is 0. The Morgan fingerprint density at radius 1 is 1.14 bits per heavy atom. The highest BCUT2D eigenvalue weighted by Gasteiger charge is 2.19. The molecule has 0 aromatic heterocycles. The lowest BCUT2D eigenvalue weighted by Crippen LogP contribution is -2.37. The van der Waals surface area contributed by atoms with Crippen LogP contribution in [0.1, 0.15) is 59.3 Å². The summed E-state index contributed by atoms with van der Waals surface area (Å²) in [6.07, 6.45) is 8.59. The van der Waals surface area contributed by atoms with Crippen molar-refractivity contribution in [2.75, 3.05) is 6.54 Å². The van der Waals surface area contributed by atoms with Gasteiger partial charge in [0.05, 0.1) is 0 Å². The average molecular weight is 197 g/mol. The van der Waals surface area contributed by atoms with Crippen LogP contribution in [-0.2, 0) is 0 Å². The Balaban J connectivity index is 2.16. The quantitative estimate of drug-likeness (QED) is 0.710. The largest absolute Gasteiger partial charge is 0.314 e. The minimum absolute atomic E-state index is 0.740.